The van der Waals surface area contributed by atoms with Gasteiger partial charge in [-0.2, -0.15) is 0 Å². The minimum atomic E-state index is -0.862. The average Bonchev–Trinajstić information content (AvgIpc) is 3.15. The molecule has 1 aliphatic carbocycles. The van der Waals surface area contributed by atoms with Crippen LogP contribution in [0.1, 0.15) is 38.2 Å². The van der Waals surface area contributed by atoms with Crippen molar-refractivity contribution in [2.24, 2.45) is 0 Å². The fourth-order valence-corrected chi connectivity index (χ4v) is 5.13. The quantitative estimate of drug-likeness (QED) is 0.288. The molecule has 0 aromatic heterocycles. The third kappa shape index (κ3) is 5.16. The third-order valence-electron chi connectivity index (χ3n) is 6.62. The zero-order valence-electron chi connectivity index (χ0n) is 21.5. The normalized spacial score (nSPS) is 19.2. The van der Waals surface area contributed by atoms with E-state index in [1.165, 1.54) is 12.0 Å². The van der Waals surface area contributed by atoms with E-state index in [-0.39, 0.29) is 49.3 Å². The fraction of sp³-hybridized carbons (Fsp3) is 0.357. The van der Waals surface area contributed by atoms with E-state index in [1.54, 1.807) is 44.2 Å². The largest absolute Gasteiger partial charge is 0.466 e. The Morgan fingerprint density at radius 1 is 1.13 bits per heavy atom. The molecule has 2 aliphatic heterocycles. The summed E-state index contributed by atoms with van der Waals surface area (Å²) in [7, 11) is 1.27. The molecule has 2 heterocycles. The minimum absolute atomic E-state index is 0.0480. The maximum absolute atomic E-state index is 13.2. The Morgan fingerprint density at radius 2 is 1.89 bits per heavy atom. The van der Waals surface area contributed by atoms with Gasteiger partial charge in [-0.1, -0.05) is 42.0 Å². The van der Waals surface area contributed by atoms with E-state index in [1.807, 2.05) is 6.08 Å². The number of ether oxygens (including phenoxy) is 3. The highest BCUT2D eigenvalue weighted by Crippen LogP contribution is 2.42. The van der Waals surface area contributed by atoms with E-state index in [0.717, 1.165) is 6.42 Å². The number of amides is 2. The van der Waals surface area contributed by atoms with Gasteiger partial charge in [-0.25, -0.2) is 9.59 Å². The number of esters is 2. The molecule has 1 unspecified atom stereocenters. The number of halogens is 1. The third-order valence-corrected chi connectivity index (χ3v) is 6.96. The van der Waals surface area contributed by atoms with Crippen LogP contribution >= 0.6 is 11.6 Å². The zero-order valence-corrected chi connectivity index (χ0v) is 22.2. The Bertz CT molecular complexity index is 1310. The molecular formula is C28H29ClN2O7. The molecule has 38 heavy (non-hydrogen) atoms. The molecular weight excluding hydrogens is 512 g/mol. The molecule has 0 bridgehead atoms. The Balaban J connectivity index is 1.59. The van der Waals surface area contributed by atoms with E-state index >= 15 is 0 Å². The Morgan fingerprint density at radius 3 is 2.58 bits per heavy atom. The first-order valence-corrected chi connectivity index (χ1v) is 12.7. The molecule has 0 saturated heterocycles. The molecule has 200 valence electrons. The summed E-state index contributed by atoms with van der Waals surface area (Å²) in [5, 5.41) is 3.47. The SMILES string of the molecule is CCOC(=O)C1=C(COCCN2C(=O)C3=C(CCC=C3)C2=O)NC(C)=C(C(=O)OC)C1c1ccccc1Cl. The van der Waals surface area contributed by atoms with Gasteiger partial charge in [0.1, 0.15) is 0 Å². The van der Waals surface area contributed by atoms with Crippen LogP contribution in [0.4, 0.5) is 0 Å². The number of imide groups is 1. The predicted octanol–water partition coefficient (Wildman–Crippen LogP) is 3.32. The van der Waals surface area contributed by atoms with Crippen molar-refractivity contribution in [3.8, 4) is 0 Å². The number of nitrogens with one attached hydrogen (secondary N) is 1. The minimum Gasteiger partial charge on any atom is -0.466 e. The average molecular weight is 541 g/mol. The van der Waals surface area contributed by atoms with Crippen LogP contribution in [-0.4, -0.2) is 62.1 Å². The highest BCUT2D eigenvalue weighted by atomic mass is 35.5. The number of allylic oxidation sites excluding steroid dienone is 2. The monoisotopic (exact) mass is 540 g/mol. The van der Waals surface area contributed by atoms with Crippen molar-refractivity contribution in [1.82, 2.24) is 10.2 Å². The first-order chi connectivity index (χ1) is 18.3. The van der Waals surface area contributed by atoms with Gasteiger partial charge in [0.15, 0.2) is 0 Å². The number of hydrogen-bond donors (Lipinski definition) is 1. The summed E-state index contributed by atoms with van der Waals surface area (Å²) in [6.45, 7) is 3.55. The van der Waals surface area contributed by atoms with E-state index < -0.39 is 17.9 Å². The second kappa shape index (κ2) is 11.8. The van der Waals surface area contributed by atoms with Crippen LogP contribution in [-0.2, 0) is 33.4 Å². The van der Waals surface area contributed by atoms with Crippen LogP contribution in [0.15, 0.2) is 70.1 Å². The summed E-state index contributed by atoms with van der Waals surface area (Å²) in [5.74, 6) is -2.73. The van der Waals surface area contributed by atoms with E-state index in [4.69, 9.17) is 25.8 Å². The summed E-state index contributed by atoms with van der Waals surface area (Å²) in [6, 6.07) is 6.93. The molecule has 0 spiro atoms. The fourth-order valence-electron chi connectivity index (χ4n) is 4.88. The predicted molar refractivity (Wildman–Crippen MR) is 139 cm³/mol. The van der Waals surface area contributed by atoms with Crippen LogP contribution in [0.2, 0.25) is 5.02 Å². The number of dihydropyridines is 1. The van der Waals surface area contributed by atoms with Crippen molar-refractivity contribution in [2.75, 3.05) is 33.5 Å². The lowest BCUT2D eigenvalue weighted by Gasteiger charge is -2.31. The van der Waals surface area contributed by atoms with E-state index in [9.17, 15) is 19.2 Å². The molecule has 4 rings (SSSR count). The molecule has 1 aromatic rings. The molecule has 0 radical (unpaired) electrons. The highest BCUT2D eigenvalue weighted by Gasteiger charge is 2.40. The van der Waals surface area contributed by atoms with Gasteiger partial charge in [-0.15, -0.1) is 0 Å². The molecule has 1 atom stereocenters. The maximum atomic E-state index is 13.2. The summed E-state index contributed by atoms with van der Waals surface area (Å²) in [6.07, 6.45) is 4.86. The van der Waals surface area contributed by atoms with Crippen molar-refractivity contribution in [2.45, 2.75) is 32.6 Å². The first-order valence-electron chi connectivity index (χ1n) is 12.3. The molecule has 1 N–H and O–H groups in total. The second-order valence-electron chi connectivity index (χ2n) is 8.87. The van der Waals surface area contributed by atoms with Gasteiger partial charge in [0.2, 0.25) is 0 Å². The highest BCUT2D eigenvalue weighted by molar-refractivity contribution is 6.31. The van der Waals surface area contributed by atoms with Crippen molar-refractivity contribution >= 4 is 35.4 Å². The van der Waals surface area contributed by atoms with E-state index in [2.05, 4.69) is 5.32 Å². The van der Waals surface area contributed by atoms with Gasteiger partial charge in [0.05, 0.1) is 56.2 Å². The van der Waals surface area contributed by atoms with Crippen LogP contribution in [0, 0.1) is 0 Å². The molecule has 1 aromatic carbocycles. The van der Waals surface area contributed by atoms with Gasteiger partial charge >= 0.3 is 11.9 Å². The molecule has 3 aliphatic rings. The van der Waals surface area contributed by atoms with Crippen LogP contribution < -0.4 is 5.32 Å². The number of nitrogens with zero attached hydrogens (tertiary/aromatic N) is 1. The van der Waals surface area contributed by atoms with Gasteiger partial charge < -0.3 is 19.5 Å². The first kappa shape index (κ1) is 27.3. The standard InChI is InChI=1S/C28H29ClN2O7/c1-4-38-28(35)24-21(15-37-14-13-31-25(32)17-9-5-6-10-18(17)26(31)33)30-16(2)22(27(34)36-3)23(24)19-11-7-8-12-20(19)29/h5,7-9,11-12,23,30H,4,6,10,13-15H2,1-3H3. The Kier molecular flexibility index (Phi) is 8.48. The van der Waals surface area contributed by atoms with Crippen molar-refractivity contribution in [3.05, 3.63) is 80.7 Å². The lowest BCUT2D eigenvalue weighted by atomic mass is 9.80. The Labute approximate surface area is 225 Å². The number of hydrogen-bond acceptors (Lipinski definition) is 8. The topological polar surface area (TPSA) is 111 Å². The summed E-state index contributed by atoms with van der Waals surface area (Å²) < 4.78 is 16.2. The number of carbonyl (C=O) groups is 4. The molecule has 9 nitrogen and oxygen atoms in total. The second-order valence-corrected chi connectivity index (χ2v) is 9.28. The number of carbonyl (C=O) groups excluding carboxylic acids is 4. The van der Waals surface area contributed by atoms with Crippen molar-refractivity contribution in [1.29, 1.82) is 0 Å². The van der Waals surface area contributed by atoms with Gasteiger partial charge in [0.25, 0.3) is 11.8 Å². The van der Waals surface area contributed by atoms with Crippen LogP contribution in [0.3, 0.4) is 0 Å². The number of benzene rings is 1. The molecule has 10 heteroatoms. The van der Waals surface area contributed by atoms with Crippen molar-refractivity contribution in [3.63, 3.8) is 0 Å². The summed E-state index contributed by atoms with van der Waals surface area (Å²) in [5.41, 5.74) is 2.78. The van der Waals surface area contributed by atoms with E-state index in [0.29, 0.717) is 39.5 Å². The maximum Gasteiger partial charge on any atom is 0.336 e. The molecule has 2 amide bonds. The Hall–Kier alpha value is -3.69. The summed E-state index contributed by atoms with van der Waals surface area (Å²) >= 11 is 6.51. The summed E-state index contributed by atoms with van der Waals surface area (Å²) in [4.78, 5) is 52.6. The smallest absolute Gasteiger partial charge is 0.336 e. The lowest BCUT2D eigenvalue weighted by Crippen LogP contribution is -2.36. The van der Waals surface area contributed by atoms with Gasteiger partial charge in [-0.3, -0.25) is 14.5 Å². The molecule has 0 saturated carbocycles. The zero-order chi connectivity index (χ0) is 27.4. The number of rotatable bonds is 9. The molecule has 0 fully saturated rings. The van der Waals surface area contributed by atoms with Gasteiger partial charge in [-0.05, 0) is 38.3 Å². The lowest BCUT2D eigenvalue weighted by molar-refractivity contribution is -0.140. The van der Waals surface area contributed by atoms with Crippen molar-refractivity contribution < 1.29 is 33.4 Å². The van der Waals surface area contributed by atoms with Gasteiger partial charge in [0, 0.05) is 21.9 Å². The van der Waals surface area contributed by atoms with Crippen LogP contribution in [0.25, 0.3) is 0 Å². The van der Waals surface area contributed by atoms with Crippen LogP contribution in [0.5, 0.6) is 0 Å². The number of methoxy groups -OCH3 is 1.